The van der Waals surface area contributed by atoms with E-state index in [0.29, 0.717) is 36.6 Å². The van der Waals surface area contributed by atoms with Crippen LogP contribution >= 0.6 is 0 Å². The van der Waals surface area contributed by atoms with Crippen molar-refractivity contribution in [1.29, 1.82) is 0 Å². The van der Waals surface area contributed by atoms with E-state index < -0.39 is 5.41 Å². The van der Waals surface area contributed by atoms with Crippen LogP contribution in [0.15, 0.2) is 28.2 Å². The molecule has 0 spiro atoms. The van der Waals surface area contributed by atoms with Crippen LogP contribution in [0, 0.1) is 12.3 Å². The molecule has 0 aliphatic heterocycles. The molecule has 0 saturated carbocycles. The van der Waals surface area contributed by atoms with Crippen molar-refractivity contribution >= 4 is 23.5 Å². The van der Waals surface area contributed by atoms with Crippen molar-refractivity contribution in [3.63, 3.8) is 0 Å². The topological polar surface area (TPSA) is 169 Å². The van der Waals surface area contributed by atoms with Gasteiger partial charge in [-0.05, 0) is 25.5 Å². The highest BCUT2D eigenvalue weighted by atomic mass is 16.5. The molecule has 5 N–H and O–H groups in total. The molecular formula is C19H30N2O8. The molecule has 0 saturated heterocycles. The summed E-state index contributed by atoms with van der Waals surface area (Å²) < 4.78 is 4.63. The first-order valence-corrected chi connectivity index (χ1v) is 8.83. The minimum atomic E-state index is -0.667. The smallest absolute Gasteiger partial charge is 0.240 e. The number of benzene rings is 1. The maximum absolute atomic E-state index is 10.00. The fraction of sp³-hybridized carbons (Fsp3) is 0.579. The van der Waals surface area contributed by atoms with Crippen molar-refractivity contribution in [3.8, 4) is 0 Å². The van der Waals surface area contributed by atoms with Gasteiger partial charge in [0.25, 0.3) is 0 Å². The molecule has 1 rings (SSSR count). The molecule has 0 bridgehead atoms. The van der Waals surface area contributed by atoms with Gasteiger partial charge in [0.15, 0.2) is 0 Å². The van der Waals surface area contributed by atoms with E-state index in [0.717, 1.165) is 0 Å². The Balaban J connectivity index is 0. The summed E-state index contributed by atoms with van der Waals surface area (Å²) >= 11 is 0. The van der Waals surface area contributed by atoms with Gasteiger partial charge >= 0.3 is 0 Å². The molecule has 164 valence electrons. The molecular weight excluding hydrogens is 384 g/mol. The molecule has 0 heterocycles. The Bertz CT molecular complexity index is 579. The number of nitrogens with zero attached hydrogens (tertiary/aromatic N) is 2. The number of carbonyl (C=O) groups excluding carboxylic acids is 2. The second-order valence-corrected chi connectivity index (χ2v) is 5.71. The summed E-state index contributed by atoms with van der Waals surface area (Å²) in [5, 5.41) is 42.1. The van der Waals surface area contributed by atoms with Gasteiger partial charge in [0.2, 0.25) is 12.2 Å². The van der Waals surface area contributed by atoms with E-state index in [1.807, 2.05) is 6.92 Å². The molecule has 1 aromatic rings. The average molecular weight is 414 g/mol. The molecule has 0 unspecified atom stereocenters. The fourth-order valence-corrected chi connectivity index (χ4v) is 1.67. The maximum Gasteiger partial charge on any atom is 0.240 e. The Hall–Kier alpha value is -2.26. The van der Waals surface area contributed by atoms with Gasteiger partial charge in [0.05, 0.1) is 57.6 Å². The molecule has 10 nitrogen and oxygen atoms in total. The van der Waals surface area contributed by atoms with Gasteiger partial charge < -0.3 is 30.3 Å². The van der Waals surface area contributed by atoms with Gasteiger partial charge in [-0.15, -0.1) is 0 Å². The summed E-state index contributed by atoms with van der Waals surface area (Å²) in [6, 6.07) is 4.94. The van der Waals surface area contributed by atoms with Gasteiger partial charge in [-0.3, -0.25) is 0 Å². The van der Waals surface area contributed by atoms with Crippen LogP contribution in [-0.4, -0.2) is 83.9 Å². The van der Waals surface area contributed by atoms with Crippen LogP contribution < -0.4 is 0 Å². The van der Waals surface area contributed by atoms with Crippen LogP contribution in [0.5, 0.6) is 0 Å². The lowest BCUT2D eigenvalue weighted by Gasteiger charge is -2.24. The van der Waals surface area contributed by atoms with Crippen LogP contribution in [0.2, 0.25) is 0 Å². The van der Waals surface area contributed by atoms with E-state index >= 15 is 0 Å². The van der Waals surface area contributed by atoms with Gasteiger partial charge in [-0.1, -0.05) is 13.0 Å². The van der Waals surface area contributed by atoms with Gasteiger partial charge in [-0.25, -0.2) is 9.59 Å². The molecule has 0 aromatic heterocycles. The number of aliphatic hydroxyl groups is 5. The Morgan fingerprint density at radius 2 is 1.31 bits per heavy atom. The summed E-state index contributed by atoms with van der Waals surface area (Å²) in [5.41, 5.74) is 0.923. The van der Waals surface area contributed by atoms with Gasteiger partial charge in [0.1, 0.15) is 0 Å². The lowest BCUT2D eigenvalue weighted by Crippen LogP contribution is -2.32. The number of rotatable bonds is 10. The highest BCUT2D eigenvalue weighted by Gasteiger charge is 2.24. The van der Waals surface area contributed by atoms with E-state index in [2.05, 4.69) is 14.7 Å². The molecule has 0 radical (unpaired) electrons. The first kappa shape index (κ1) is 28.9. The maximum atomic E-state index is 10.00. The summed E-state index contributed by atoms with van der Waals surface area (Å²) in [5.74, 6) is 0. The van der Waals surface area contributed by atoms with Crippen molar-refractivity contribution in [2.24, 2.45) is 15.4 Å². The van der Waals surface area contributed by atoms with Crippen molar-refractivity contribution in [2.75, 3.05) is 46.2 Å². The molecule has 10 heteroatoms. The minimum Gasteiger partial charge on any atom is -0.396 e. The summed E-state index contributed by atoms with van der Waals surface area (Å²) in [4.78, 5) is 26.9. The molecule has 1 aromatic carbocycles. The Morgan fingerprint density at radius 3 is 1.55 bits per heavy atom. The van der Waals surface area contributed by atoms with Crippen molar-refractivity contribution in [1.82, 2.24) is 0 Å². The third-order valence-electron chi connectivity index (χ3n) is 3.84. The van der Waals surface area contributed by atoms with Crippen molar-refractivity contribution < 1.29 is 39.9 Å². The average Bonchev–Trinajstić information content (AvgIpc) is 2.75. The summed E-state index contributed by atoms with van der Waals surface area (Å²) in [6.07, 6.45) is 3.45. The third-order valence-corrected chi connectivity index (χ3v) is 3.84. The van der Waals surface area contributed by atoms with Gasteiger partial charge in [-0.2, -0.15) is 9.98 Å². The highest BCUT2D eigenvalue weighted by molar-refractivity contribution is 5.64. The van der Waals surface area contributed by atoms with E-state index in [9.17, 15) is 9.59 Å². The molecule has 29 heavy (non-hydrogen) atoms. The van der Waals surface area contributed by atoms with E-state index in [-0.39, 0.29) is 33.0 Å². The number of aliphatic imine (C=N–C) groups is 2. The van der Waals surface area contributed by atoms with E-state index in [4.69, 9.17) is 25.5 Å². The fourth-order valence-electron chi connectivity index (χ4n) is 1.67. The number of hydrogen-bond donors (Lipinski definition) is 5. The van der Waals surface area contributed by atoms with E-state index in [1.54, 1.807) is 25.1 Å². The third kappa shape index (κ3) is 12.7. The Labute approximate surface area is 169 Å². The van der Waals surface area contributed by atoms with Gasteiger partial charge in [0, 0.05) is 11.0 Å². The first-order chi connectivity index (χ1) is 13.9. The lowest BCUT2D eigenvalue weighted by molar-refractivity contribution is 0.00304. The number of isocyanates is 2. The highest BCUT2D eigenvalue weighted by Crippen LogP contribution is 2.26. The van der Waals surface area contributed by atoms with Crippen molar-refractivity contribution in [2.45, 2.75) is 20.3 Å². The molecule has 0 fully saturated rings. The largest absolute Gasteiger partial charge is 0.396 e. The second kappa shape index (κ2) is 19.1. The number of hydrogen-bond acceptors (Lipinski definition) is 10. The van der Waals surface area contributed by atoms with Crippen LogP contribution in [0.25, 0.3) is 0 Å². The molecule has 0 atom stereocenters. The second-order valence-electron chi connectivity index (χ2n) is 5.71. The zero-order valence-electron chi connectivity index (χ0n) is 16.7. The van der Waals surface area contributed by atoms with Crippen LogP contribution in [0.1, 0.15) is 18.9 Å². The zero-order valence-corrected chi connectivity index (χ0v) is 16.7. The summed E-state index contributed by atoms with van der Waals surface area (Å²) in [6.45, 7) is 3.76. The normalized spacial score (nSPS) is 9.76. The van der Waals surface area contributed by atoms with Crippen LogP contribution in [-0.2, 0) is 14.3 Å². The minimum absolute atomic E-state index is 0.0278. The molecule has 0 aliphatic rings. The first-order valence-electron chi connectivity index (χ1n) is 8.83. The predicted molar refractivity (Wildman–Crippen MR) is 106 cm³/mol. The number of ether oxygens (including phenoxy) is 1. The SMILES string of the molecule is CCC(CO)(CO)CO.Cc1c(N=C=O)cccc1N=C=O.OCCOCCO. The predicted octanol–water partition coefficient (Wildman–Crippen LogP) is 0.277. The van der Waals surface area contributed by atoms with E-state index in [1.165, 1.54) is 12.2 Å². The summed E-state index contributed by atoms with van der Waals surface area (Å²) in [7, 11) is 0. The molecule has 0 amide bonds. The lowest BCUT2D eigenvalue weighted by atomic mass is 9.88. The Kier molecular flexibility index (Phi) is 19.0. The quantitative estimate of drug-likeness (QED) is 0.206. The zero-order chi connectivity index (χ0) is 22.5. The molecule has 0 aliphatic carbocycles. The van der Waals surface area contributed by atoms with Crippen LogP contribution in [0.3, 0.4) is 0 Å². The monoisotopic (exact) mass is 414 g/mol. The Morgan fingerprint density at radius 1 is 0.897 bits per heavy atom. The van der Waals surface area contributed by atoms with Crippen molar-refractivity contribution in [3.05, 3.63) is 23.8 Å². The van der Waals surface area contributed by atoms with Crippen LogP contribution in [0.4, 0.5) is 11.4 Å². The number of aliphatic hydroxyl groups excluding tert-OH is 5. The standard InChI is InChI=1S/C9H6N2O2.C6H14O3.C4H10O3/c1-7-8(10-5-12)3-2-4-9(7)11-6-13;1-2-6(3-7,4-8)5-9;5-1-3-7-4-2-6/h2-4H,1H3;7-9H,2-5H2,1H3;5-6H,1-4H2.